The summed E-state index contributed by atoms with van der Waals surface area (Å²) in [5, 5.41) is 17.8. The summed E-state index contributed by atoms with van der Waals surface area (Å²) in [7, 11) is 0. The number of carbonyl (C=O) groups is 1. The summed E-state index contributed by atoms with van der Waals surface area (Å²) in [6.07, 6.45) is 1.64. The maximum absolute atomic E-state index is 12.5. The average molecular weight is 424 g/mol. The van der Waals surface area contributed by atoms with Crippen molar-refractivity contribution in [1.82, 2.24) is 14.2 Å². The maximum Gasteiger partial charge on any atom is 0.350 e. The van der Waals surface area contributed by atoms with E-state index in [-0.39, 0.29) is 28.5 Å². The molecular formula is C20H14ClN5O4. The number of aromatic nitrogens is 3. The Kier molecular flexibility index (Phi) is 5.03. The van der Waals surface area contributed by atoms with Crippen LogP contribution in [0.15, 0.2) is 71.7 Å². The minimum absolute atomic E-state index is 0.0193. The van der Waals surface area contributed by atoms with Gasteiger partial charge in [0.2, 0.25) is 0 Å². The van der Waals surface area contributed by atoms with Gasteiger partial charge in [0, 0.05) is 24.0 Å². The third-order valence-electron chi connectivity index (χ3n) is 4.41. The number of fused-ring (bicyclic) bond motifs is 1. The molecule has 0 unspecified atom stereocenters. The van der Waals surface area contributed by atoms with E-state index < -0.39 is 10.8 Å². The molecule has 0 atom stereocenters. The van der Waals surface area contributed by atoms with Crippen molar-refractivity contribution >= 4 is 34.5 Å². The molecule has 2 aromatic heterocycles. The van der Waals surface area contributed by atoms with Gasteiger partial charge in [0.25, 0.3) is 11.6 Å². The zero-order chi connectivity index (χ0) is 21.3. The first kappa shape index (κ1) is 19.3. The lowest BCUT2D eigenvalue weighted by atomic mass is 10.1. The van der Waals surface area contributed by atoms with E-state index in [4.69, 9.17) is 11.6 Å². The maximum atomic E-state index is 12.5. The van der Waals surface area contributed by atoms with E-state index in [1.165, 1.54) is 21.2 Å². The highest BCUT2D eigenvalue weighted by Crippen LogP contribution is 2.23. The number of amides is 1. The molecule has 0 bridgehead atoms. The van der Waals surface area contributed by atoms with Gasteiger partial charge in [-0.2, -0.15) is 0 Å². The fraction of sp³-hybridized carbons (Fsp3) is 0.0500. The molecule has 0 aliphatic carbocycles. The first-order valence-electron chi connectivity index (χ1n) is 8.81. The van der Waals surface area contributed by atoms with E-state index in [9.17, 15) is 19.7 Å². The summed E-state index contributed by atoms with van der Waals surface area (Å²) in [4.78, 5) is 35.2. The van der Waals surface area contributed by atoms with E-state index in [0.29, 0.717) is 11.3 Å². The molecule has 4 aromatic rings. The predicted octanol–water partition coefficient (Wildman–Crippen LogP) is 3.36. The fourth-order valence-corrected chi connectivity index (χ4v) is 3.25. The second-order valence-corrected chi connectivity index (χ2v) is 6.85. The number of anilines is 1. The van der Waals surface area contributed by atoms with Gasteiger partial charge < -0.3 is 5.32 Å². The third-order valence-corrected chi connectivity index (χ3v) is 4.73. The van der Waals surface area contributed by atoms with Crippen LogP contribution < -0.4 is 11.0 Å². The topological polar surface area (TPSA) is 112 Å². The van der Waals surface area contributed by atoms with Crippen molar-refractivity contribution in [2.24, 2.45) is 0 Å². The quantitative estimate of drug-likeness (QED) is 0.390. The van der Waals surface area contributed by atoms with Crippen LogP contribution in [-0.4, -0.2) is 25.0 Å². The number of nitro groups is 1. The summed E-state index contributed by atoms with van der Waals surface area (Å²) < 4.78 is 2.78. The highest BCUT2D eigenvalue weighted by molar-refractivity contribution is 6.34. The summed E-state index contributed by atoms with van der Waals surface area (Å²) in [5.41, 5.74) is 1.44. The molecule has 10 heteroatoms. The van der Waals surface area contributed by atoms with Crippen molar-refractivity contribution in [1.29, 1.82) is 0 Å². The fourth-order valence-electron chi connectivity index (χ4n) is 2.99. The SMILES string of the molecule is O=C(Nc1cccc(Cn2nc3ccccn3c2=O)c1)c1ccc([N+](=O)[O-])cc1Cl. The summed E-state index contributed by atoms with van der Waals surface area (Å²) in [6.45, 7) is 0.225. The summed E-state index contributed by atoms with van der Waals surface area (Å²) in [5.74, 6) is -0.503. The number of hydrogen-bond acceptors (Lipinski definition) is 5. The molecule has 30 heavy (non-hydrogen) atoms. The van der Waals surface area contributed by atoms with E-state index >= 15 is 0 Å². The van der Waals surface area contributed by atoms with Crippen LogP contribution in [-0.2, 0) is 6.54 Å². The molecule has 1 amide bonds. The predicted molar refractivity (Wildman–Crippen MR) is 111 cm³/mol. The van der Waals surface area contributed by atoms with Gasteiger partial charge in [-0.25, -0.2) is 9.48 Å². The van der Waals surface area contributed by atoms with Crippen molar-refractivity contribution in [2.75, 3.05) is 5.32 Å². The van der Waals surface area contributed by atoms with E-state index in [1.807, 2.05) is 6.07 Å². The number of nitro benzene ring substituents is 1. The van der Waals surface area contributed by atoms with Gasteiger partial charge in [0.15, 0.2) is 5.65 Å². The van der Waals surface area contributed by atoms with Gasteiger partial charge in [0.1, 0.15) is 0 Å². The van der Waals surface area contributed by atoms with E-state index in [0.717, 1.165) is 11.6 Å². The molecule has 0 spiro atoms. The van der Waals surface area contributed by atoms with Crippen molar-refractivity contribution in [3.8, 4) is 0 Å². The van der Waals surface area contributed by atoms with Gasteiger partial charge in [-0.3, -0.25) is 19.3 Å². The van der Waals surface area contributed by atoms with Crippen LogP contribution in [0.4, 0.5) is 11.4 Å². The highest BCUT2D eigenvalue weighted by Gasteiger charge is 2.15. The van der Waals surface area contributed by atoms with Crippen molar-refractivity contribution in [2.45, 2.75) is 6.54 Å². The zero-order valence-electron chi connectivity index (χ0n) is 15.4. The molecule has 0 saturated carbocycles. The van der Waals surface area contributed by atoms with Gasteiger partial charge in [-0.05, 0) is 35.9 Å². The summed E-state index contributed by atoms with van der Waals surface area (Å²) >= 11 is 6.02. The minimum atomic E-state index is -0.585. The Morgan fingerprint density at radius 2 is 1.97 bits per heavy atom. The Morgan fingerprint density at radius 1 is 1.13 bits per heavy atom. The first-order valence-corrected chi connectivity index (χ1v) is 9.18. The molecule has 0 saturated heterocycles. The largest absolute Gasteiger partial charge is 0.350 e. The lowest BCUT2D eigenvalue weighted by Gasteiger charge is -2.08. The van der Waals surface area contributed by atoms with Crippen LogP contribution >= 0.6 is 11.6 Å². The second-order valence-electron chi connectivity index (χ2n) is 6.44. The number of nitrogens with one attached hydrogen (secondary N) is 1. The molecule has 9 nitrogen and oxygen atoms in total. The first-order chi connectivity index (χ1) is 14.4. The number of non-ortho nitro benzene ring substituents is 1. The number of carbonyl (C=O) groups excluding carboxylic acids is 1. The van der Waals surface area contributed by atoms with Crippen LogP contribution in [0.5, 0.6) is 0 Å². The molecule has 2 aromatic carbocycles. The standard InChI is InChI=1S/C20H14ClN5O4/c21-17-11-15(26(29)30)7-8-16(17)19(27)22-14-5-3-4-13(10-14)12-25-20(28)24-9-2-1-6-18(24)23-25/h1-11H,12H2,(H,22,27). The molecule has 150 valence electrons. The van der Waals surface area contributed by atoms with Gasteiger partial charge in [0.05, 0.1) is 22.1 Å². The zero-order valence-corrected chi connectivity index (χ0v) is 16.1. The molecule has 1 N–H and O–H groups in total. The van der Waals surface area contributed by atoms with E-state index in [2.05, 4.69) is 10.4 Å². The number of pyridine rings is 1. The van der Waals surface area contributed by atoms with E-state index in [1.54, 1.807) is 42.6 Å². The lowest BCUT2D eigenvalue weighted by molar-refractivity contribution is -0.384. The Labute approximate surface area is 174 Å². The minimum Gasteiger partial charge on any atom is -0.322 e. The molecule has 0 fully saturated rings. The van der Waals surface area contributed by atoms with Crippen LogP contribution in [0.2, 0.25) is 5.02 Å². The van der Waals surface area contributed by atoms with Crippen LogP contribution in [0.3, 0.4) is 0 Å². The number of benzene rings is 2. The molecule has 0 radical (unpaired) electrons. The smallest absolute Gasteiger partial charge is 0.322 e. The Morgan fingerprint density at radius 3 is 2.70 bits per heavy atom. The summed E-state index contributed by atoms with van der Waals surface area (Å²) in [6, 6.07) is 15.9. The third kappa shape index (κ3) is 3.78. The molecule has 4 rings (SSSR count). The van der Waals surface area contributed by atoms with Gasteiger partial charge in [-0.1, -0.05) is 29.8 Å². The Bertz CT molecular complexity index is 1340. The molecule has 0 aliphatic heterocycles. The molecular weight excluding hydrogens is 410 g/mol. The number of nitrogens with zero attached hydrogens (tertiary/aromatic N) is 4. The highest BCUT2D eigenvalue weighted by atomic mass is 35.5. The number of rotatable bonds is 5. The molecule has 2 heterocycles. The molecule has 0 aliphatic rings. The van der Waals surface area contributed by atoms with Crippen LogP contribution in [0.1, 0.15) is 15.9 Å². The second kappa shape index (κ2) is 7.80. The van der Waals surface area contributed by atoms with Crippen LogP contribution in [0, 0.1) is 10.1 Å². The Balaban J connectivity index is 1.55. The number of hydrogen-bond donors (Lipinski definition) is 1. The normalized spacial score (nSPS) is 10.8. The van der Waals surface area contributed by atoms with Gasteiger partial charge >= 0.3 is 5.69 Å². The lowest BCUT2D eigenvalue weighted by Crippen LogP contribution is -2.21. The monoisotopic (exact) mass is 423 g/mol. The Hall–Kier alpha value is -3.98. The van der Waals surface area contributed by atoms with Crippen LogP contribution in [0.25, 0.3) is 5.65 Å². The van der Waals surface area contributed by atoms with Crippen molar-refractivity contribution < 1.29 is 9.72 Å². The van der Waals surface area contributed by atoms with Gasteiger partial charge in [-0.15, -0.1) is 5.10 Å². The van der Waals surface area contributed by atoms with Crippen molar-refractivity contribution in [3.05, 3.63) is 104 Å². The number of halogens is 1. The average Bonchev–Trinajstić information content (AvgIpc) is 3.03. The van der Waals surface area contributed by atoms with Crippen molar-refractivity contribution in [3.63, 3.8) is 0 Å².